The van der Waals surface area contributed by atoms with E-state index in [-0.39, 0.29) is 0 Å². The van der Waals surface area contributed by atoms with Gasteiger partial charge in [-0.15, -0.1) is 0 Å². The molecule has 0 aromatic heterocycles. The Hall–Kier alpha value is -0.120. The van der Waals surface area contributed by atoms with E-state index in [0.717, 1.165) is 25.2 Å². The Morgan fingerprint density at radius 3 is 2.82 bits per heavy atom. The summed E-state index contributed by atoms with van der Waals surface area (Å²) in [5.41, 5.74) is 0. The molecule has 1 rings (SSSR count). The average Bonchev–Trinajstić information content (AvgIpc) is 2.79. The number of rotatable bonds is 10. The van der Waals surface area contributed by atoms with Crippen molar-refractivity contribution in [2.45, 2.75) is 51.5 Å². The molecule has 3 nitrogen and oxygen atoms in total. The van der Waals surface area contributed by atoms with E-state index in [1.54, 1.807) is 7.11 Å². The summed E-state index contributed by atoms with van der Waals surface area (Å²) in [5, 5.41) is 3.63. The van der Waals surface area contributed by atoms with Crippen molar-refractivity contribution in [1.82, 2.24) is 5.32 Å². The van der Waals surface area contributed by atoms with E-state index in [2.05, 4.69) is 12.2 Å². The van der Waals surface area contributed by atoms with Crippen LogP contribution in [0.5, 0.6) is 0 Å². The van der Waals surface area contributed by atoms with E-state index < -0.39 is 0 Å². The van der Waals surface area contributed by atoms with Crippen LogP contribution in [0, 0.1) is 5.92 Å². The molecule has 0 bridgehead atoms. The van der Waals surface area contributed by atoms with Crippen molar-refractivity contribution >= 4 is 0 Å². The van der Waals surface area contributed by atoms with Gasteiger partial charge in [0, 0.05) is 19.8 Å². The van der Waals surface area contributed by atoms with Crippen LogP contribution in [0.15, 0.2) is 0 Å². The average molecular weight is 243 g/mol. The minimum Gasteiger partial charge on any atom is -0.382 e. The minimum absolute atomic E-state index is 0.715. The molecule has 0 heterocycles. The lowest BCUT2D eigenvalue weighted by Crippen LogP contribution is -2.27. The molecule has 3 heteroatoms. The maximum Gasteiger partial charge on any atom is 0.0700 e. The fraction of sp³-hybridized carbons (Fsp3) is 1.00. The van der Waals surface area contributed by atoms with E-state index in [1.165, 1.54) is 45.1 Å². The van der Waals surface area contributed by atoms with Gasteiger partial charge in [-0.05, 0) is 51.0 Å². The van der Waals surface area contributed by atoms with Gasteiger partial charge in [-0.2, -0.15) is 0 Å². The molecule has 1 fully saturated rings. The van der Waals surface area contributed by atoms with Gasteiger partial charge in [-0.3, -0.25) is 0 Å². The molecule has 0 radical (unpaired) electrons. The zero-order valence-corrected chi connectivity index (χ0v) is 11.5. The van der Waals surface area contributed by atoms with Gasteiger partial charge in [0.25, 0.3) is 0 Å². The fourth-order valence-electron chi connectivity index (χ4n) is 2.59. The molecule has 0 aromatic rings. The summed E-state index contributed by atoms with van der Waals surface area (Å²) in [6, 6.07) is 0.786. The lowest BCUT2D eigenvalue weighted by Gasteiger charge is -2.12. The van der Waals surface area contributed by atoms with Gasteiger partial charge in [-0.1, -0.05) is 6.92 Å². The van der Waals surface area contributed by atoms with Crippen LogP contribution in [0.4, 0.5) is 0 Å². The van der Waals surface area contributed by atoms with Crippen molar-refractivity contribution in [3.05, 3.63) is 0 Å². The molecule has 0 aromatic carbocycles. The van der Waals surface area contributed by atoms with Crippen molar-refractivity contribution in [1.29, 1.82) is 0 Å². The molecule has 1 N–H and O–H groups in total. The van der Waals surface area contributed by atoms with Gasteiger partial charge in [-0.25, -0.2) is 0 Å². The van der Waals surface area contributed by atoms with E-state index in [1.807, 2.05) is 0 Å². The van der Waals surface area contributed by atoms with Gasteiger partial charge in [0.15, 0.2) is 0 Å². The highest BCUT2D eigenvalue weighted by atomic mass is 16.5. The SMILES string of the molecule is CCCNC1CCC(CCCOCCOC)C1. The highest BCUT2D eigenvalue weighted by molar-refractivity contribution is 4.80. The second kappa shape index (κ2) is 9.86. The third kappa shape index (κ3) is 7.02. The van der Waals surface area contributed by atoms with Crippen LogP contribution >= 0.6 is 0 Å². The molecule has 17 heavy (non-hydrogen) atoms. The fourth-order valence-corrected chi connectivity index (χ4v) is 2.59. The second-order valence-corrected chi connectivity index (χ2v) is 5.08. The van der Waals surface area contributed by atoms with Crippen molar-refractivity contribution in [3.63, 3.8) is 0 Å². The Labute approximate surface area is 106 Å². The molecule has 0 aliphatic heterocycles. The molecule has 1 aliphatic rings. The molecule has 2 atom stereocenters. The van der Waals surface area contributed by atoms with E-state index in [0.29, 0.717) is 6.61 Å². The van der Waals surface area contributed by atoms with Crippen molar-refractivity contribution in [2.24, 2.45) is 5.92 Å². The molecule has 0 saturated heterocycles. The quantitative estimate of drug-likeness (QED) is 0.598. The molecule has 2 unspecified atom stereocenters. The second-order valence-electron chi connectivity index (χ2n) is 5.08. The Morgan fingerprint density at radius 2 is 2.06 bits per heavy atom. The molecular weight excluding hydrogens is 214 g/mol. The summed E-state index contributed by atoms with van der Waals surface area (Å²) in [4.78, 5) is 0. The molecular formula is C14H29NO2. The van der Waals surface area contributed by atoms with Crippen LogP contribution in [-0.2, 0) is 9.47 Å². The highest BCUT2D eigenvalue weighted by Crippen LogP contribution is 2.29. The maximum absolute atomic E-state index is 5.48. The van der Waals surface area contributed by atoms with Crippen molar-refractivity contribution in [2.75, 3.05) is 33.5 Å². The summed E-state index contributed by atoms with van der Waals surface area (Å²) in [7, 11) is 1.71. The summed E-state index contributed by atoms with van der Waals surface area (Å²) in [5.74, 6) is 0.926. The molecule has 1 saturated carbocycles. The Kier molecular flexibility index (Phi) is 8.67. The molecule has 102 valence electrons. The smallest absolute Gasteiger partial charge is 0.0700 e. The zero-order chi connectivity index (χ0) is 12.3. The van der Waals surface area contributed by atoms with Gasteiger partial charge < -0.3 is 14.8 Å². The van der Waals surface area contributed by atoms with Crippen LogP contribution in [-0.4, -0.2) is 39.5 Å². The van der Waals surface area contributed by atoms with E-state index in [9.17, 15) is 0 Å². The van der Waals surface area contributed by atoms with Gasteiger partial charge in [0.1, 0.15) is 0 Å². The Balaban J connectivity index is 1.91. The van der Waals surface area contributed by atoms with E-state index >= 15 is 0 Å². The topological polar surface area (TPSA) is 30.5 Å². The minimum atomic E-state index is 0.715. The number of ether oxygens (including phenoxy) is 2. The first-order chi connectivity index (χ1) is 8.36. The summed E-state index contributed by atoms with van der Waals surface area (Å²) < 4.78 is 10.4. The number of methoxy groups -OCH3 is 1. The van der Waals surface area contributed by atoms with Gasteiger partial charge in [0.2, 0.25) is 0 Å². The predicted octanol–water partition coefficient (Wildman–Crippen LogP) is 2.60. The van der Waals surface area contributed by atoms with Crippen molar-refractivity contribution in [3.8, 4) is 0 Å². The summed E-state index contributed by atoms with van der Waals surface area (Å²) >= 11 is 0. The monoisotopic (exact) mass is 243 g/mol. The first-order valence-electron chi connectivity index (χ1n) is 7.16. The van der Waals surface area contributed by atoms with Gasteiger partial charge in [0.05, 0.1) is 13.2 Å². The molecule has 0 amide bonds. The van der Waals surface area contributed by atoms with Gasteiger partial charge >= 0.3 is 0 Å². The first-order valence-corrected chi connectivity index (χ1v) is 7.16. The summed E-state index contributed by atoms with van der Waals surface area (Å²) in [6.45, 7) is 5.76. The number of hydrogen-bond donors (Lipinski definition) is 1. The number of hydrogen-bond acceptors (Lipinski definition) is 3. The summed E-state index contributed by atoms with van der Waals surface area (Å²) in [6.07, 6.45) is 7.92. The van der Waals surface area contributed by atoms with Crippen LogP contribution in [0.1, 0.15) is 45.4 Å². The Morgan fingerprint density at radius 1 is 1.18 bits per heavy atom. The maximum atomic E-state index is 5.48. The lowest BCUT2D eigenvalue weighted by atomic mass is 10.0. The lowest BCUT2D eigenvalue weighted by molar-refractivity contribution is 0.0672. The van der Waals surface area contributed by atoms with E-state index in [4.69, 9.17) is 9.47 Å². The van der Waals surface area contributed by atoms with Crippen LogP contribution in [0.25, 0.3) is 0 Å². The van der Waals surface area contributed by atoms with Crippen LogP contribution in [0.2, 0.25) is 0 Å². The number of nitrogens with one attached hydrogen (secondary N) is 1. The standard InChI is InChI=1S/C14H29NO2/c1-3-8-15-14-7-6-13(12-14)5-4-9-17-11-10-16-2/h13-15H,3-12H2,1-2H3. The predicted molar refractivity (Wildman–Crippen MR) is 71.4 cm³/mol. The van der Waals surface area contributed by atoms with Crippen molar-refractivity contribution < 1.29 is 9.47 Å². The molecule has 1 aliphatic carbocycles. The first kappa shape index (κ1) is 14.9. The van der Waals surface area contributed by atoms with Crippen LogP contribution < -0.4 is 5.32 Å². The zero-order valence-electron chi connectivity index (χ0n) is 11.5. The highest BCUT2D eigenvalue weighted by Gasteiger charge is 2.23. The third-order valence-corrected chi connectivity index (χ3v) is 3.56. The van der Waals surface area contributed by atoms with Crippen LogP contribution in [0.3, 0.4) is 0 Å². The largest absolute Gasteiger partial charge is 0.382 e. The Bertz CT molecular complexity index is 176. The third-order valence-electron chi connectivity index (χ3n) is 3.56. The molecule has 0 spiro atoms. The normalized spacial score (nSPS) is 24.4.